The minimum Gasteiger partial charge on any atom is -0.493 e. The first-order valence-electron chi connectivity index (χ1n) is 9.57. The topological polar surface area (TPSA) is 73.3 Å². The zero-order valence-corrected chi connectivity index (χ0v) is 17.2. The predicted molar refractivity (Wildman–Crippen MR) is 109 cm³/mol. The van der Waals surface area contributed by atoms with E-state index in [9.17, 15) is 13.2 Å². The van der Waals surface area contributed by atoms with Gasteiger partial charge >= 0.3 is 6.18 Å². The van der Waals surface area contributed by atoms with E-state index >= 15 is 0 Å². The largest absolute Gasteiger partial charge is 0.493 e. The van der Waals surface area contributed by atoms with Crippen molar-refractivity contribution in [3.05, 3.63) is 47.5 Å². The molecule has 3 rings (SSSR count). The maximum absolute atomic E-state index is 12.4. The van der Waals surface area contributed by atoms with Crippen molar-refractivity contribution in [1.29, 1.82) is 0 Å². The van der Waals surface area contributed by atoms with Gasteiger partial charge in [0.1, 0.15) is 0 Å². The molecule has 0 unspecified atom stereocenters. The normalized spacial score (nSPS) is 13.1. The van der Waals surface area contributed by atoms with Crippen molar-refractivity contribution in [1.82, 2.24) is 10.6 Å². The first-order valence-corrected chi connectivity index (χ1v) is 9.57. The molecule has 1 aliphatic rings. The minimum absolute atomic E-state index is 0.0369. The van der Waals surface area contributed by atoms with Gasteiger partial charge in [0.2, 0.25) is 6.79 Å². The molecule has 0 aliphatic carbocycles. The van der Waals surface area contributed by atoms with Crippen molar-refractivity contribution in [3.8, 4) is 23.0 Å². The molecule has 0 radical (unpaired) electrons. The van der Waals surface area contributed by atoms with Gasteiger partial charge < -0.3 is 29.6 Å². The minimum atomic E-state index is -4.41. The molecule has 31 heavy (non-hydrogen) atoms. The number of hydrogen-bond acceptors (Lipinski definition) is 5. The van der Waals surface area contributed by atoms with Crippen LogP contribution >= 0.6 is 0 Å². The first-order chi connectivity index (χ1) is 14.9. The number of halogens is 3. The molecular formula is C21H24F3N3O4. The Labute approximate surface area is 178 Å². The summed E-state index contributed by atoms with van der Waals surface area (Å²) in [6.45, 7) is -0.0822. The summed E-state index contributed by atoms with van der Waals surface area (Å²) < 4.78 is 57.7. The van der Waals surface area contributed by atoms with Crippen LogP contribution in [-0.4, -0.2) is 46.2 Å². The van der Waals surface area contributed by atoms with E-state index in [4.69, 9.17) is 18.9 Å². The van der Waals surface area contributed by atoms with Crippen molar-refractivity contribution in [2.24, 2.45) is 4.99 Å². The van der Waals surface area contributed by atoms with Gasteiger partial charge in [-0.25, -0.2) is 0 Å². The summed E-state index contributed by atoms with van der Waals surface area (Å²) >= 11 is 0. The number of nitrogens with zero attached hydrogens (tertiary/aromatic N) is 1. The van der Waals surface area contributed by atoms with Crippen LogP contribution < -0.4 is 29.6 Å². The Hall–Kier alpha value is -3.30. The van der Waals surface area contributed by atoms with Crippen molar-refractivity contribution < 1.29 is 32.1 Å². The highest BCUT2D eigenvalue weighted by molar-refractivity contribution is 5.79. The molecule has 0 atom stereocenters. The number of fused-ring (bicyclic) bond motifs is 1. The molecular weight excluding hydrogens is 415 g/mol. The van der Waals surface area contributed by atoms with Crippen LogP contribution in [0, 0.1) is 0 Å². The van der Waals surface area contributed by atoms with Crippen LogP contribution in [0.5, 0.6) is 23.0 Å². The summed E-state index contributed by atoms with van der Waals surface area (Å²) in [4.78, 5) is 4.18. The number of ether oxygens (including phenoxy) is 4. The number of aliphatic imine (C=N–C) groups is 1. The summed E-state index contributed by atoms with van der Waals surface area (Å²) in [5.41, 5.74) is 1.90. The molecule has 0 spiro atoms. The van der Waals surface area contributed by atoms with Gasteiger partial charge in [-0.1, -0.05) is 12.1 Å². The molecule has 0 aromatic heterocycles. The fraction of sp³-hybridized carbons (Fsp3) is 0.381. The SMILES string of the molecule is CN=C(NCCc1ccc2c(c1)OCO2)NCc1ccc(OCC(F)(F)F)c(OC)c1. The second-order valence-corrected chi connectivity index (χ2v) is 6.68. The van der Waals surface area contributed by atoms with E-state index in [1.807, 2.05) is 18.2 Å². The molecule has 2 aromatic rings. The Morgan fingerprint density at radius 1 is 1.03 bits per heavy atom. The monoisotopic (exact) mass is 439 g/mol. The van der Waals surface area contributed by atoms with Crippen molar-refractivity contribution in [2.45, 2.75) is 19.1 Å². The van der Waals surface area contributed by atoms with Crippen molar-refractivity contribution in [3.63, 3.8) is 0 Å². The molecule has 0 amide bonds. The van der Waals surface area contributed by atoms with Crippen molar-refractivity contribution in [2.75, 3.05) is 34.1 Å². The van der Waals surface area contributed by atoms with Gasteiger partial charge in [0.15, 0.2) is 35.6 Å². The average Bonchev–Trinajstić information content (AvgIpc) is 3.22. The molecule has 7 nitrogen and oxygen atoms in total. The van der Waals surface area contributed by atoms with Crippen LogP contribution in [0.3, 0.4) is 0 Å². The lowest BCUT2D eigenvalue weighted by Gasteiger charge is -2.15. The van der Waals surface area contributed by atoms with Crippen LogP contribution in [0.2, 0.25) is 0 Å². The van der Waals surface area contributed by atoms with Gasteiger partial charge in [-0.2, -0.15) is 13.2 Å². The highest BCUT2D eigenvalue weighted by atomic mass is 19.4. The second-order valence-electron chi connectivity index (χ2n) is 6.68. The molecule has 2 N–H and O–H groups in total. The third-order valence-electron chi connectivity index (χ3n) is 4.45. The van der Waals surface area contributed by atoms with Crippen LogP contribution in [0.25, 0.3) is 0 Å². The third kappa shape index (κ3) is 6.59. The zero-order chi connectivity index (χ0) is 22.3. The number of benzene rings is 2. The molecule has 1 heterocycles. The van der Waals surface area contributed by atoms with E-state index in [0.29, 0.717) is 19.0 Å². The van der Waals surface area contributed by atoms with E-state index < -0.39 is 12.8 Å². The lowest BCUT2D eigenvalue weighted by atomic mass is 10.1. The molecule has 0 saturated heterocycles. The Kier molecular flexibility index (Phi) is 7.32. The highest BCUT2D eigenvalue weighted by Crippen LogP contribution is 2.32. The van der Waals surface area contributed by atoms with Crippen molar-refractivity contribution >= 4 is 5.96 Å². The number of nitrogens with one attached hydrogen (secondary N) is 2. The number of rotatable bonds is 8. The fourth-order valence-electron chi connectivity index (χ4n) is 2.93. The summed E-state index contributed by atoms with van der Waals surface area (Å²) in [7, 11) is 3.04. The first kappa shape index (κ1) is 22.4. The number of methoxy groups -OCH3 is 1. The quantitative estimate of drug-likeness (QED) is 0.486. The van der Waals surface area contributed by atoms with E-state index in [1.165, 1.54) is 13.2 Å². The van der Waals surface area contributed by atoms with E-state index in [-0.39, 0.29) is 18.3 Å². The van der Waals surface area contributed by atoms with Crippen LogP contribution in [0.1, 0.15) is 11.1 Å². The Morgan fingerprint density at radius 2 is 1.81 bits per heavy atom. The van der Waals surface area contributed by atoms with Gasteiger partial charge in [0.25, 0.3) is 0 Å². The highest BCUT2D eigenvalue weighted by Gasteiger charge is 2.29. The number of hydrogen-bond donors (Lipinski definition) is 2. The Bertz CT molecular complexity index is 919. The fourth-order valence-corrected chi connectivity index (χ4v) is 2.93. The van der Waals surface area contributed by atoms with Crippen LogP contribution in [0.15, 0.2) is 41.4 Å². The molecule has 1 aliphatic heterocycles. The second kappa shape index (κ2) is 10.1. The lowest BCUT2D eigenvalue weighted by Crippen LogP contribution is -2.37. The maximum Gasteiger partial charge on any atom is 0.422 e. The number of guanidine groups is 1. The van der Waals surface area contributed by atoms with Gasteiger partial charge in [0, 0.05) is 20.1 Å². The zero-order valence-electron chi connectivity index (χ0n) is 17.2. The van der Waals surface area contributed by atoms with Gasteiger partial charge in [-0.3, -0.25) is 4.99 Å². The van der Waals surface area contributed by atoms with E-state index in [2.05, 4.69) is 15.6 Å². The van der Waals surface area contributed by atoms with E-state index in [1.54, 1.807) is 19.2 Å². The summed E-state index contributed by atoms with van der Waals surface area (Å²) in [6, 6.07) is 10.6. The molecule has 10 heteroatoms. The van der Waals surface area contributed by atoms with Crippen LogP contribution in [-0.2, 0) is 13.0 Å². The predicted octanol–water partition coefficient (Wildman–Crippen LogP) is 3.27. The summed E-state index contributed by atoms with van der Waals surface area (Å²) in [5, 5.41) is 6.38. The average molecular weight is 439 g/mol. The lowest BCUT2D eigenvalue weighted by molar-refractivity contribution is -0.153. The van der Waals surface area contributed by atoms with Gasteiger partial charge in [-0.05, 0) is 41.8 Å². The van der Waals surface area contributed by atoms with Gasteiger partial charge in [0.05, 0.1) is 7.11 Å². The summed E-state index contributed by atoms with van der Waals surface area (Å²) in [6.07, 6.45) is -3.65. The summed E-state index contributed by atoms with van der Waals surface area (Å²) in [5.74, 6) is 2.36. The Morgan fingerprint density at radius 3 is 2.55 bits per heavy atom. The molecule has 168 valence electrons. The Balaban J connectivity index is 1.48. The standard InChI is InChI=1S/C21H24F3N3O4/c1-25-20(26-8-7-14-3-5-17-19(9-14)31-13-30-17)27-11-15-4-6-16(18(10-15)28-2)29-12-21(22,23)24/h3-6,9-10H,7-8,11-13H2,1-2H3,(H2,25,26,27). The molecule has 2 aromatic carbocycles. The van der Waals surface area contributed by atoms with Gasteiger partial charge in [-0.15, -0.1) is 0 Å². The smallest absolute Gasteiger partial charge is 0.422 e. The molecule has 0 bridgehead atoms. The number of alkyl halides is 3. The third-order valence-corrected chi connectivity index (χ3v) is 4.45. The maximum atomic E-state index is 12.4. The van der Waals surface area contributed by atoms with Crippen LogP contribution in [0.4, 0.5) is 13.2 Å². The molecule has 0 saturated carbocycles. The molecule has 0 fully saturated rings. The van der Waals surface area contributed by atoms with E-state index in [0.717, 1.165) is 29.0 Å².